The van der Waals surface area contributed by atoms with Crippen molar-refractivity contribution in [2.45, 2.75) is 97.3 Å². The fourth-order valence-electron chi connectivity index (χ4n) is 2.31. The molecule has 136 valence electrons. The van der Waals surface area contributed by atoms with Gasteiger partial charge in [-0.1, -0.05) is 71.6 Å². The van der Waals surface area contributed by atoms with Gasteiger partial charge in [-0.05, 0) is 12.8 Å². The lowest BCUT2D eigenvalue weighted by Gasteiger charge is -2.06. The molecule has 0 aliphatic heterocycles. The van der Waals surface area contributed by atoms with Gasteiger partial charge in [0, 0.05) is 0 Å². The molecule has 23 heavy (non-hydrogen) atoms. The minimum Gasteiger partial charge on any atom is -0.466 e. The van der Waals surface area contributed by atoms with Crippen LogP contribution in [0.15, 0.2) is 0 Å². The van der Waals surface area contributed by atoms with E-state index >= 15 is 0 Å². The Morgan fingerprint density at radius 3 is 1.39 bits per heavy atom. The van der Waals surface area contributed by atoms with Crippen molar-refractivity contribution in [1.82, 2.24) is 0 Å². The molecule has 0 aromatic heterocycles. The van der Waals surface area contributed by atoms with E-state index in [0.29, 0.717) is 13.2 Å². The van der Waals surface area contributed by atoms with Crippen LogP contribution in [0, 0.1) is 0 Å². The van der Waals surface area contributed by atoms with Crippen LogP contribution in [0.2, 0.25) is 0 Å². The van der Waals surface area contributed by atoms with Crippen molar-refractivity contribution in [3.05, 3.63) is 0 Å². The molecule has 0 bridgehead atoms. The highest BCUT2D eigenvalue weighted by molar-refractivity contribution is 5.77. The second-order valence-corrected chi connectivity index (χ2v) is 6.12. The highest BCUT2D eigenvalue weighted by atomic mass is 16.5. The molecule has 4 heteroatoms. The van der Waals surface area contributed by atoms with Gasteiger partial charge in [-0.15, -0.1) is 0 Å². The second-order valence-electron chi connectivity index (χ2n) is 6.12. The fourth-order valence-corrected chi connectivity index (χ4v) is 2.31. The third-order valence-corrected chi connectivity index (χ3v) is 3.81. The molecule has 0 saturated carbocycles. The first-order valence-electron chi connectivity index (χ1n) is 9.52. The molecule has 0 fully saturated rings. The Bertz CT molecular complexity index is 289. The quantitative estimate of drug-likeness (QED) is 0.289. The van der Waals surface area contributed by atoms with Gasteiger partial charge in [-0.3, -0.25) is 9.59 Å². The van der Waals surface area contributed by atoms with E-state index < -0.39 is 0 Å². The maximum atomic E-state index is 11.5. The number of carbonyl (C=O) groups is 2. The van der Waals surface area contributed by atoms with Crippen molar-refractivity contribution in [1.29, 1.82) is 0 Å². The van der Waals surface area contributed by atoms with E-state index in [2.05, 4.69) is 13.8 Å². The normalized spacial score (nSPS) is 10.5. The minimum atomic E-state index is -0.301. The number of carbonyl (C=O) groups excluding carboxylic acids is 2. The molecular formula is C19H36O4. The summed E-state index contributed by atoms with van der Waals surface area (Å²) < 4.78 is 10.2. The first kappa shape index (κ1) is 21.9. The number of rotatable bonds is 16. The summed E-state index contributed by atoms with van der Waals surface area (Å²) >= 11 is 0. The maximum Gasteiger partial charge on any atom is 0.306 e. The van der Waals surface area contributed by atoms with Crippen molar-refractivity contribution in [3.63, 3.8) is 0 Å². The molecule has 0 radical (unpaired) electrons. The summed E-state index contributed by atoms with van der Waals surface area (Å²) in [6.07, 6.45) is 13.1. The molecule has 0 aromatic carbocycles. The average molecular weight is 328 g/mol. The van der Waals surface area contributed by atoms with Crippen molar-refractivity contribution in [2.24, 2.45) is 0 Å². The predicted molar refractivity (Wildman–Crippen MR) is 93.3 cm³/mol. The van der Waals surface area contributed by atoms with Crippen LogP contribution < -0.4 is 0 Å². The minimum absolute atomic E-state index is 0.127. The zero-order chi connectivity index (χ0) is 17.2. The predicted octanol–water partition coefficient (Wildman–Crippen LogP) is 5.18. The summed E-state index contributed by atoms with van der Waals surface area (Å²) in [5, 5.41) is 0. The van der Waals surface area contributed by atoms with Crippen LogP contribution in [0.5, 0.6) is 0 Å². The third kappa shape index (κ3) is 17.1. The Balaban J connectivity index is 3.31. The molecule has 0 aliphatic carbocycles. The fraction of sp³-hybridized carbons (Fsp3) is 0.895. The molecule has 0 atom stereocenters. The molecule has 4 nitrogen and oxygen atoms in total. The average Bonchev–Trinajstić information content (AvgIpc) is 2.55. The van der Waals surface area contributed by atoms with Crippen LogP contribution in [-0.4, -0.2) is 25.2 Å². The van der Waals surface area contributed by atoms with Crippen LogP contribution in [0.1, 0.15) is 97.3 Å². The van der Waals surface area contributed by atoms with Crippen LogP contribution in [0.25, 0.3) is 0 Å². The zero-order valence-electron chi connectivity index (χ0n) is 15.2. The van der Waals surface area contributed by atoms with Crippen LogP contribution in [-0.2, 0) is 19.1 Å². The maximum absolute atomic E-state index is 11.5. The lowest BCUT2D eigenvalue weighted by Crippen LogP contribution is -2.11. The number of esters is 2. The van der Waals surface area contributed by atoms with Gasteiger partial charge in [-0.2, -0.15) is 0 Å². The standard InChI is InChI=1S/C19H36O4/c1-3-5-7-8-9-10-11-13-17-23-19(21)15-14-18(20)22-16-12-6-4-2/h3-17H2,1-2H3. The molecule has 0 amide bonds. The van der Waals surface area contributed by atoms with Crippen LogP contribution in [0.4, 0.5) is 0 Å². The van der Waals surface area contributed by atoms with E-state index in [9.17, 15) is 9.59 Å². The Labute approximate surface area is 142 Å². The number of ether oxygens (including phenoxy) is 2. The van der Waals surface area contributed by atoms with Gasteiger partial charge in [0.25, 0.3) is 0 Å². The van der Waals surface area contributed by atoms with Crippen molar-refractivity contribution >= 4 is 11.9 Å². The van der Waals surface area contributed by atoms with Crippen LogP contribution >= 0.6 is 0 Å². The van der Waals surface area contributed by atoms with Crippen molar-refractivity contribution in [3.8, 4) is 0 Å². The van der Waals surface area contributed by atoms with E-state index in [4.69, 9.17) is 9.47 Å². The summed E-state index contributed by atoms with van der Waals surface area (Å²) in [5.74, 6) is -0.594. The van der Waals surface area contributed by atoms with Gasteiger partial charge in [0.05, 0.1) is 26.1 Å². The number of unbranched alkanes of at least 4 members (excludes halogenated alkanes) is 9. The summed E-state index contributed by atoms with van der Waals surface area (Å²) in [5.41, 5.74) is 0. The highest BCUT2D eigenvalue weighted by Gasteiger charge is 2.08. The first-order valence-corrected chi connectivity index (χ1v) is 9.52. The SMILES string of the molecule is CCCCCCCCCCOC(=O)CCC(=O)OCCCCC. The molecular weight excluding hydrogens is 292 g/mol. The molecule has 0 rings (SSSR count). The molecule has 0 spiro atoms. The van der Waals surface area contributed by atoms with E-state index in [1.54, 1.807) is 0 Å². The van der Waals surface area contributed by atoms with E-state index in [-0.39, 0.29) is 24.8 Å². The molecule has 0 saturated heterocycles. The highest BCUT2D eigenvalue weighted by Crippen LogP contribution is 2.08. The Kier molecular flexibility index (Phi) is 16.5. The van der Waals surface area contributed by atoms with E-state index in [1.165, 1.54) is 38.5 Å². The second kappa shape index (κ2) is 17.3. The summed E-state index contributed by atoms with van der Waals surface area (Å²) in [7, 11) is 0. The number of hydrogen-bond donors (Lipinski definition) is 0. The van der Waals surface area contributed by atoms with Gasteiger partial charge in [0.1, 0.15) is 0 Å². The monoisotopic (exact) mass is 328 g/mol. The van der Waals surface area contributed by atoms with Crippen molar-refractivity contribution in [2.75, 3.05) is 13.2 Å². The molecule has 0 aliphatic rings. The third-order valence-electron chi connectivity index (χ3n) is 3.81. The molecule has 0 N–H and O–H groups in total. The zero-order valence-corrected chi connectivity index (χ0v) is 15.2. The van der Waals surface area contributed by atoms with Gasteiger partial charge in [0.15, 0.2) is 0 Å². The van der Waals surface area contributed by atoms with Crippen molar-refractivity contribution < 1.29 is 19.1 Å². The lowest BCUT2D eigenvalue weighted by molar-refractivity contribution is -0.150. The van der Waals surface area contributed by atoms with E-state index in [0.717, 1.165) is 32.1 Å². The molecule has 0 unspecified atom stereocenters. The Morgan fingerprint density at radius 1 is 0.565 bits per heavy atom. The summed E-state index contributed by atoms with van der Waals surface area (Å²) in [6, 6.07) is 0. The smallest absolute Gasteiger partial charge is 0.306 e. The Morgan fingerprint density at radius 2 is 0.913 bits per heavy atom. The number of hydrogen-bond acceptors (Lipinski definition) is 4. The molecule has 0 heterocycles. The van der Waals surface area contributed by atoms with E-state index in [1.807, 2.05) is 0 Å². The van der Waals surface area contributed by atoms with Gasteiger partial charge < -0.3 is 9.47 Å². The van der Waals surface area contributed by atoms with Gasteiger partial charge in [0.2, 0.25) is 0 Å². The summed E-state index contributed by atoms with van der Waals surface area (Å²) in [6.45, 7) is 5.25. The Hall–Kier alpha value is -1.06. The summed E-state index contributed by atoms with van der Waals surface area (Å²) in [4.78, 5) is 22.9. The van der Waals surface area contributed by atoms with Crippen LogP contribution in [0.3, 0.4) is 0 Å². The lowest BCUT2D eigenvalue weighted by atomic mass is 10.1. The topological polar surface area (TPSA) is 52.6 Å². The van der Waals surface area contributed by atoms with Gasteiger partial charge >= 0.3 is 11.9 Å². The van der Waals surface area contributed by atoms with Gasteiger partial charge in [-0.25, -0.2) is 0 Å². The first-order chi connectivity index (χ1) is 11.2. The largest absolute Gasteiger partial charge is 0.466 e. The molecule has 0 aromatic rings.